The molecule has 0 bridgehead atoms. The number of benzene rings is 6. The monoisotopic (exact) mass is 712 g/mol. The summed E-state index contributed by atoms with van der Waals surface area (Å²) in [5, 5.41) is 14.0. The van der Waals surface area contributed by atoms with Crippen LogP contribution in [0.4, 0.5) is 0 Å². The van der Waals surface area contributed by atoms with Gasteiger partial charge in [0.2, 0.25) is 0 Å². The van der Waals surface area contributed by atoms with Crippen LogP contribution in [0.25, 0.3) is 62.4 Å². The van der Waals surface area contributed by atoms with Crippen molar-refractivity contribution in [3.05, 3.63) is 96.1 Å². The Morgan fingerprint density at radius 3 is 1.10 bits per heavy atom. The van der Waals surface area contributed by atoms with Crippen molar-refractivity contribution >= 4 is 76.9 Å². The molecule has 254 valence electrons. The van der Waals surface area contributed by atoms with E-state index in [0.717, 1.165) is 0 Å². The van der Waals surface area contributed by atoms with E-state index in [1.807, 2.05) is 0 Å². The standard InChI is InChI=1S/C48H56Se/c1-3-5-7-9-11-13-15-17-19-35-21-23-37-27-43-33-47-45(31-41(43)29-39(37)25-35)46-32-42-30-40-26-36(20-18-16-14-12-10-8-6-4-2)22-24-38(40)28-44(42)34-48(46)49-47/h21-34H,3-20H2,1-2H3. The van der Waals surface area contributed by atoms with E-state index in [4.69, 9.17) is 0 Å². The first-order chi connectivity index (χ1) is 24.2. The van der Waals surface area contributed by atoms with Crippen LogP contribution in [0.3, 0.4) is 0 Å². The second kappa shape index (κ2) is 16.7. The second-order valence-electron chi connectivity index (χ2n) is 15.0. The molecule has 0 radical (unpaired) electrons. The van der Waals surface area contributed by atoms with Crippen LogP contribution in [-0.4, -0.2) is 14.5 Å². The van der Waals surface area contributed by atoms with Crippen molar-refractivity contribution in [2.24, 2.45) is 0 Å². The van der Waals surface area contributed by atoms with Gasteiger partial charge in [-0.2, -0.15) is 0 Å². The normalized spacial score (nSPS) is 12.1. The van der Waals surface area contributed by atoms with E-state index in [1.54, 1.807) is 0 Å². The van der Waals surface area contributed by atoms with Crippen molar-refractivity contribution in [1.29, 1.82) is 0 Å². The second-order valence-corrected chi connectivity index (χ2v) is 17.3. The molecule has 49 heavy (non-hydrogen) atoms. The molecule has 1 heteroatoms. The van der Waals surface area contributed by atoms with E-state index in [1.165, 1.54) is 189 Å². The summed E-state index contributed by atoms with van der Waals surface area (Å²) in [5.41, 5.74) is 2.99. The molecule has 0 N–H and O–H groups in total. The molecule has 1 heterocycles. The first-order valence-corrected chi connectivity index (χ1v) is 21.6. The summed E-state index contributed by atoms with van der Waals surface area (Å²) in [4.78, 5) is 0. The Kier molecular flexibility index (Phi) is 11.7. The number of unbranched alkanes of at least 4 members (excludes halogenated alkanes) is 14. The molecule has 1 aromatic heterocycles. The molecule has 0 atom stereocenters. The van der Waals surface area contributed by atoms with E-state index in [2.05, 4.69) is 98.8 Å². The molecule has 7 aromatic rings. The van der Waals surface area contributed by atoms with Crippen LogP contribution in [-0.2, 0) is 12.8 Å². The number of rotatable bonds is 18. The van der Waals surface area contributed by atoms with E-state index in [9.17, 15) is 0 Å². The van der Waals surface area contributed by atoms with Gasteiger partial charge in [-0.1, -0.05) is 78.1 Å². The summed E-state index contributed by atoms with van der Waals surface area (Å²) in [6.07, 6.45) is 24.5. The van der Waals surface area contributed by atoms with Crippen molar-refractivity contribution in [3.8, 4) is 0 Å². The Balaban J connectivity index is 1.08. The van der Waals surface area contributed by atoms with Gasteiger partial charge in [-0.05, 0) is 0 Å². The summed E-state index contributed by atoms with van der Waals surface area (Å²) in [5.74, 6) is 0. The van der Waals surface area contributed by atoms with Crippen LogP contribution < -0.4 is 0 Å². The minimum atomic E-state index is 0.344. The topological polar surface area (TPSA) is 0 Å². The number of hydrogen-bond donors (Lipinski definition) is 0. The van der Waals surface area contributed by atoms with Crippen molar-refractivity contribution in [2.75, 3.05) is 0 Å². The predicted octanol–water partition coefficient (Wildman–Crippen LogP) is 15.0. The molecular formula is C48H56Se. The SMILES string of the molecule is CCCCCCCCCCc1ccc2cc3cc4[se]c5cc6cc7ccc(CCCCCCCCCC)cc7cc6cc5c4cc3cc2c1. The van der Waals surface area contributed by atoms with Gasteiger partial charge in [-0.15, -0.1) is 0 Å². The van der Waals surface area contributed by atoms with Crippen LogP contribution in [0.5, 0.6) is 0 Å². The zero-order valence-corrected chi connectivity index (χ0v) is 31.9. The Hall–Kier alpha value is -3.12. The van der Waals surface area contributed by atoms with Gasteiger partial charge in [0.05, 0.1) is 0 Å². The molecule has 0 aliphatic rings. The summed E-state index contributed by atoms with van der Waals surface area (Å²) in [7, 11) is 0. The molecule has 0 aliphatic heterocycles. The van der Waals surface area contributed by atoms with Gasteiger partial charge in [0.25, 0.3) is 0 Å². The predicted molar refractivity (Wildman–Crippen MR) is 221 cm³/mol. The fraction of sp³-hybridized carbons (Fsp3) is 0.417. The first-order valence-electron chi connectivity index (χ1n) is 19.9. The molecule has 7 rings (SSSR count). The zero-order chi connectivity index (χ0) is 33.4. The van der Waals surface area contributed by atoms with Crippen LogP contribution >= 0.6 is 0 Å². The van der Waals surface area contributed by atoms with Gasteiger partial charge in [0.15, 0.2) is 0 Å². The third-order valence-electron chi connectivity index (χ3n) is 11.1. The van der Waals surface area contributed by atoms with Crippen molar-refractivity contribution < 1.29 is 0 Å². The number of fused-ring (bicyclic) bond motifs is 7. The maximum atomic E-state index is 2.50. The quantitative estimate of drug-likeness (QED) is 0.0472. The average Bonchev–Trinajstić information content (AvgIpc) is 3.45. The van der Waals surface area contributed by atoms with E-state index >= 15 is 0 Å². The molecule has 0 spiro atoms. The molecule has 0 nitrogen and oxygen atoms in total. The maximum absolute atomic E-state index is 2.50. The van der Waals surface area contributed by atoms with Crippen LogP contribution in [0, 0.1) is 0 Å². The molecule has 0 amide bonds. The van der Waals surface area contributed by atoms with Crippen molar-refractivity contribution in [2.45, 2.75) is 129 Å². The fourth-order valence-corrected chi connectivity index (χ4v) is 10.5. The van der Waals surface area contributed by atoms with Gasteiger partial charge in [-0.25, -0.2) is 0 Å². The zero-order valence-electron chi connectivity index (χ0n) is 30.2. The number of aryl methyl sites for hydroxylation is 2. The van der Waals surface area contributed by atoms with Gasteiger partial charge in [-0.3, -0.25) is 0 Å². The molecule has 0 unspecified atom stereocenters. The average molecular weight is 712 g/mol. The van der Waals surface area contributed by atoms with Crippen molar-refractivity contribution in [1.82, 2.24) is 0 Å². The fourth-order valence-electron chi connectivity index (χ4n) is 8.10. The molecule has 0 saturated carbocycles. The Morgan fingerprint density at radius 1 is 0.327 bits per heavy atom. The summed E-state index contributed by atoms with van der Waals surface area (Å²) in [6, 6.07) is 34.1. The van der Waals surface area contributed by atoms with Gasteiger partial charge in [0, 0.05) is 0 Å². The van der Waals surface area contributed by atoms with Gasteiger partial charge < -0.3 is 0 Å². The molecule has 6 aromatic carbocycles. The Labute approximate surface area is 301 Å². The van der Waals surface area contributed by atoms with Crippen LogP contribution in [0.2, 0.25) is 0 Å². The van der Waals surface area contributed by atoms with E-state index in [0.29, 0.717) is 14.5 Å². The van der Waals surface area contributed by atoms with Gasteiger partial charge >= 0.3 is 224 Å². The molecule has 0 fully saturated rings. The summed E-state index contributed by atoms with van der Waals surface area (Å²) in [6.45, 7) is 4.60. The summed E-state index contributed by atoms with van der Waals surface area (Å²) >= 11 is 0.344. The van der Waals surface area contributed by atoms with Crippen molar-refractivity contribution in [3.63, 3.8) is 0 Å². The molecule has 0 saturated heterocycles. The Morgan fingerprint density at radius 2 is 0.673 bits per heavy atom. The van der Waals surface area contributed by atoms with Gasteiger partial charge in [0.1, 0.15) is 0 Å². The summed E-state index contributed by atoms with van der Waals surface area (Å²) < 4.78 is 3.07. The van der Waals surface area contributed by atoms with Crippen LogP contribution in [0.1, 0.15) is 128 Å². The first kappa shape index (κ1) is 34.3. The molecule has 0 aliphatic carbocycles. The molecular weight excluding hydrogens is 655 g/mol. The third kappa shape index (κ3) is 8.44. The number of hydrogen-bond acceptors (Lipinski definition) is 0. The van der Waals surface area contributed by atoms with E-state index < -0.39 is 0 Å². The minimum absolute atomic E-state index is 0.344. The third-order valence-corrected chi connectivity index (χ3v) is 13.4. The van der Waals surface area contributed by atoms with E-state index in [-0.39, 0.29) is 0 Å². The Bertz CT molecular complexity index is 2010. The van der Waals surface area contributed by atoms with Crippen LogP contribution in [0.15, 0.2) is 84.9 Å².